The first-order valence-electron chi connectivity index (χ1n) is 4.91. The minimum Gasteiger partial charge on any atom is 0 e. The van der Waals surface area contributed by atoms with E-state index in [0.29, 0.717) is 0 Å². The molecule has 14 heavy (non-hydrogen) atoms. The Kier molecular flexibility index (Phi) is 5.70. The fraction of sp³-hybridized carbons (Fsp3) is 0.333. The van der Waals surface area contributed by atoms with Crippen LogP contribution in [0.3, 0.4) is 0 Å². The van der Waals surface area contributed by atoms with Crippen molar-refractivity contribution >= 4 is 21.1 Å². The zero-order valence-corrected chi connectivity index (χ0v) is 14.2. The van der Waals surface area contributed by atoms with Crippen LogP contribution in [0.5, 0.6) is 0 Å². The Balaban J connectivity index is 0.000000980. The van der Waals surface area contributed by atoms with Crippen LogP contribution >= 0.6 is 0 Å². The summed E-state index contributed by atoms with van der Waals surface area (Å²) >= 11 is -0.372. The topological polar surface area (TPSA) is 0 Å². The predicted molar refractivity (Wildman–Crippen MR) is 60.3 cm³/mol. The summed E-state index contributed by atoms with van der Waals surface area (Å²) in [7, 11) is 0. The Labute approximate surface area is 116 Å². The average Bonchev–Trinajstić information content (AvgIpc) is 2.76. The molecule has 0 bridgehead atoms. The minimum atomic E-state index is -0.372. The standard InChI is InChI=1S/C11H11.CH3.Sn.Zr.H/c1-2-6-10(5-1)9-11-7-3-4-8-11;;;;/h1-11H;1H3;;;. The van der Waals surface area contributed by atoms with Crippen LogP contribution < -0.4 is 0 Å². The summed E-state index contributed by atoms with van der Waals surface area (Å²) < 4.78 is 0.945. The molecule has 2 aliphatic rings. The van der Waals surface area contributed by atoms with E-state index in [9.17, 15) is 0 Å². The van der Waals surface area contributed by atoms with Gasteiger partial charge < -0.3 is 0 Å². The van der Waals surface area contributed by atoms with Gasteiger partial charge in [0.15, 0.2) is 0 Å². The summed E-state index contributed by atoms with van der Waals surface area (Å²) in [6.45, 7) is 0. The van der Waals surface area contributed by atoms with Crippen LogP contribution in [0.1, 0.15) is 0 Å². The third-order valence-electron chi connectivity index (χ3n) is 2.83. The fourth-order valence-electron chi connectivity index (χ4n) is 2.11. The SMILES string of the molecule is [CH3][SnH][CH](C1C=CC=C1)C1C=CC=C1.[Zr]. The van der Waals surface area contributed by atoms with Gasteiger partial charge in [0.2, 0.25) is 0 Å². The van der Waals surface area contributed by atoms with Gasteiger partial charge in [-0.3, -0.25) is 0 Å². The first-order valence-corrected chi connectivity index (χ1v) is 10.1. The Bertz CT molecular complexity index is 237. The Morgan fingerprint density at radius 1 is 0.857 bits per heavy atom. The normalized spacial score (nSPS) is 19.9. The molecule has 2 aliphatic carbocycles. The van der Waals surface area contributed by atoms with Crippen molar-refractivity contribution in [3.8, 4) is 0 Å². The summed E-state index contributed by atoms with van der Waals surface area (Å²) in [5, 5.41) is 0. The molecule has 0 heterocycles. The molecule has 0 fully saturated rings. The first-order chi connectivity index (χ1) is 6.42. The molecule has 0 nitrogen and oxygen atoms in total. The molecule has 2 rings (SSSR count). The van der Waals surface area contributed by atoms with Crippen LogP contribution in [0, 0.1) is 11.8 Å². The van der Waals surface area contributed by atoms with Gasteiger partial charge in [0, 0.05) is 26.2 Å². The molecule has 0 atom stereocenters. The van der Waals surface area contributed by atoms with E-state index in [2.05, 4.69) is 53.5 Å². The molecule has 2 heteroatoms. The summed E-state index contributed by atoms with van der Waals surface area (Å²) in [5.74, 6) is 1.48. The van der Waals surface area contributed by atoms with Crippen LogP contribution in [0.15, 0.2) is 48.6 Å². The van der Waals surface area contributed by atoms with E-state index in [1.807, 2.05) is 0 Å². The Morgan fingerprint density at radius 3 is 1.50 bits per heavy atom. The molecular formula is C12H15SnZr. The van der Waals surface area contributed by atoms with Crippen LogP contribution in [0.4, 0.5) is 0 Å². The van der Waals surface area contributed by atoms with Crippen LogP contribution in [-0.2, 0) is 26.2 Å². The molecule has 0 aromatic rings. The van der Waals surface area contributed by atoms with Crippen LogP contribution in [0.2, 0.25) is 8.87 Å². The van der Waals surface area contributed by atoms with Gasteiger partial charge in [-0.1, -0.05) is 0 Å². The molecule has 0 unspecified atom stereocenters. The molecule has 0 aromatic heterocycles. The van der Waals surface area contributed by atoms with Crippen molar-refractivity contribution in [3.63, 3.8) is 0 Å². The van der Waals surface area contributed by atoms with Gasteiger partial charge in [-0.15, -0.1) is 0 Å². The summed E-state index contributed by atoms with van der Waals surface area (Å²) in [5.41, 5.74) is 0. The van der Waals surface area contributed by atoms with Crippen molar-refractivity contribution in [2.75, 3.05) is 0 Å². The Hall–Kier alpha value is 0.642. The molecule has 0 saturated heterocycles. The monoisotopic (exact) mass is 369 g/mol. The molecule has 71 valence electrons. The van der Waals surface area contributed by atoms with Crippen molar-refractivity contribution in [2.45, 2.75) is 8.87 Å². The summed E-state index contributed by atoms with van der Waals surface area (Å²) in [6.07, 6.45) is 18.2. The van der Waals surface area contributed by atoms with Gasteiger partial charge in [0.05, 0.1) is 0 Å². The predicted octanol–water partition coefficient (Wildman–Crippen LogP) is 2.74. The van der Waals surface area contributed by atoms with Crippen LogP contribution in [-0.4, -0.2) is 21.1 Å². The van der Waals surface area contributed by atoms with E-state index in [-0.39, 0.29) is 47.3 Å². The van der Waals surface area contributed by atoms with Gasteiger partial charge in [0.25, 0.3) is 0 Å². The van der Waals surface area contributed by atoms with Gasteiger partial charge in [-0.05, 0) is 0 Å². The molecule has 0 aromatic carbocycles. The molecule has 0 spiro atoms. The van der Waals surface area contributed by atoms with Crippen molar-refractivity contribution in [1.82, 2.24) is 0 Å². The molecule has 0 aliphatic heterocycles. The van der Waals surface area contributed by atoms with Crippen molar-refractivity contribution in [1.29, 1.82) is 0 Å². The van der Waals surface area contributed by atoms with E-state index < -0.39 is 0 Å². The third kappa shape index (κ3) is 2.82. The van der Waals surface area contributed by atoms with Crippen LogP contribution in [0.25, 0.3) is 0 Å². The number of hydrogen-bond donors (Lipinski definition) is 0. The first kappa shape index (κ1) is 12.7. The average molecular weight is 369 g/mol. The van der Waals surface area contributed by atoms with Gasteiger partial charge >= 0.3 is 90.5 Å². The number of rotatable bonds is 3. The van der Waals surface area contributed by atoms with E-state index in [1.54, 1.807) is 0 Å². The quantitative estimate of drug-likeness (QED) is 0.672. The smallest absolute Gasteiger partial charge is 0 e. The second kappa shape index (κ2) is 6.27. The summed E-state index contributed by atoms with van der Waals surface area (Å²) in [4.78, 5) is 2.47. The maximum Gasteiger partial charge on any atom is 0 e. The zero-order chi connectivity index (χ0) is 9.10. The number of hydrogen-bond acceptors (Lipinski definition) is 0. The minimum absolute atomic E-state index is 0. The summed E-state index contributed by atoms with van der Waals surface area (Å²) in [6, 6.07) is 0. The second-order valence-electron chi connectivity index (χ2n) is 3.60. The molecule has 0 saturated carbocycles. The molecule has 1 radical (unpaired) electrons. The maximum absolute atomic E-state index is 2.47. The van der Waals surface area contributed by atoms with Gasteiger partial charge in [-0.2, -0.15) is 0 Å². The van der Waals surface area contributed by atoms with E-state index in [0.717, 1.165) is 15.8 Å². The Morgan fingerprint density at radius 2 is 1.21 bits per heavy atom. The van der Waals surface area contributed by atoms with Gasteiger partial charge in [0.1, 0.15) is 0 Å². The van der Waals surface area contributed by atoms with E-state index in [1.165, 1.54) is 0 Å². The van der Waals surface area contributed by atoms with Gasteiger partial charge in [-0.25, -0.2) is 0 Å². The van der Waals surface area contributed by atoms with Crippen molar-refractivity contribution in [2.24, 2.45) is 11.8 Å². The molecule has 0 amide bonds. The fourth-order valence-corrected chi connectivity index (χ4v) is 6.11. The molecular weight excluding hydrogens is 354 g/mol. The third-order valence-corrected chi connectivity index (χ3v) is 7.56. The maximum atomic E-state index is 2.47. The van der Waals surface area contributed by atoms with Crippen molar-refractivity contribution < 1.29 is 26.2 Å². The van der Waals surface area contributed by atoms with Crippen molar-refractivity contribution in [3.05, 3.63) is 48.6 Å². The number of allylic oxidation sites excluding steroid dienone is 8. The second-order valence-corrected chi connectivity index (χ2v) is 7.70. The molecule has 0 N–H and O–H groups in total. The largest absolute Gasteiger partial charge is 0 e. The van der Waals surface area contributed by atoms with E-state index >= 15 is 0 Å². The van der Waals surface area contributed by atoms with E-state index in [4.69, 9.17) is 0 Å². The zero-order valence-electron chi connectivity index (χ0n) is 8.43.